The van der Waals surface area contributed by atoms with Gasteiger partial charge in [-0.15, -0.1) is 0 Å². The van der Waals surface area contributed by atoms with Gasteiger partial charge in [0.2, 0.25) is 10.0 Å². The number of rotatable bonds is 4. The van der Waals surface area contributed by atoms with Crippen LogP contribution in [0.2, 0.25) is 0 Å². The van der Waals surface area contributed by atoms with Crippen LogP contribution in [0.3, 0.4) is 0 Å². The van der Waals surface area contributed by atoms with Gasteiger partial charge in [0, 0.05) is 11.4 Å². The monoisotopic (exact) mass is 469 g/mol. The summed E-state index contributed by atoms with van der Waals surface area (Å²) in [7, 11) is 0. The van der Waals surface area contributed by atoms with Crippen molar-refractivity contribution >= 4 is 58.3 Å². The predicted octanol–water partition coefficient (Wildman–Crippen LogP) is 5.77. The molecular formula is C17H13Cl3F3N3O3. The van der Waals surface area contributed by atoms with Gasteiger partial charge >= 0.3 is 18.3 Å². The Bertz CT molecular complexity index is 861. The minimum Gasteiger partial charge on any atom is -0.421 e. The molecule has 12 heteroatoms. The van der Waals surface area contributed by atoms with Crippen molar-refractivity contribution in [2.45, 2.75) is 16.2 Å². The predicted molar refractivity (Wildman–Crippen MR) is 104 cm³/mol. The normalized spacial score (nSPS) is 12.6. The molecule has 0 spiro atoms. The molecule has 2 aromatic carbocycles. The molecule has 2 aromatic rings. The van der Waals surface area contributed by atoms with E-state index in [9.17, 15) is 22.8 Å². The molecule has 0 saturated carbocycles. The number of anilines is 2. The molecule has 0 aliphatic rings. The smallest absolute Gasteiger partial charge is 0.416 e. The number of nitrogens with one attached hydrogen (secondary N) is 3. The Hall–Kier alpha value is -2.36. The third-order valence-electron chi connectivity index (χ3n) is 3.25. The van der Waals surface area contributed by atoms with E-state index >= 15 is 0 Å². The standard InChI is InChI=1S/C17H13Cl3F3N3O3/c18-16(19,20)13(29-15(28)25-11-6-2-1-3-7-11)26-14(27)24-12-8-4-5-10(9-12)17(21,22)23/h1-9,13H,(H,25,28)(H2,24,26,27)/t13-/m0/s1. The van der Waals surface area contributed by atoms with Crippen molar-refractivity contribution in [3.8, 4) is 0 Å². The number of carbonyl (C=O) groups is 2. The first-order valence-electron chi connectivity index (χ1n) is 7.79. The van der Waals surface area contributed by atoms with Crippen molar-refractivity contribution in [3.05, 3.63) is 60.2 Å². The van der Waals surface area contributed by atoms with Crippen LogP contribution >= 0.6 is 34.8 Å². The number of halogens is 6. The van der Waals surface area contributed by atoms with Gasteiger partial charge in [-0.3, -0.25) is 10.6 Å². The van der Waals surface area contributed by atoms with Crippen LogP contribution in [0.15, 0.2) is 54.6 Å². The number of alkyl halides is 6. The highest BCUT2D eigenvalue weighted by atomic mass is 35.6. The number of para-hydroxylation sites is 1. The fourth-order valence-corrected chi connectivity index (χ4v) is 2.31. The van der Waals surface area contributed by atoms with Gasteiger partial charge in [-0.25, -0.2) is 9.59 Å². The molecule has 6 nitrogen and oxygen atoms in total. The summed E-state index contributed by atoms with van der Waals surface area (Å²) in [5, 5.41) is 6.57. The summed E-state index contributed by atoms with van der Waals surface area (Å²) in [6, 6.07) is 11.0. The molecule has 0 bridgehead atoms. The molecule has 156 valence electrons. The molecule has 0 heterocycles. The SMILES string of the molecule is O=C(Nc1cccc(C(F)(F)F)c1)N[C@@H](OC(=O)Nc1ccccc1)C(Cl)(Cl)Cl. The lowest BCUT2D eigenvalue weighted by Crippen LogP contribution is -2.49. The molecule has 29 heavy (non-hydrogen) atoms. The first kappa shape index (κ1) is 22.9. The summed E-state index contributed by atoms with van der Waals surface area (Å²) in [5.41, 5.74) is -0.755. The lowest BCUT2D eigenvalue weighted by molar-refractivity contribution is -0.137. The quantitative estimate of drug-likeness (QED) is 0.392. The third-order valence-corrected chi connectivity index (χ3v) is 3.85. The summed E-state index contributed by atoms with van der Waals surface area (Å²) in [5.74, 6) is 0. The molecular weight excluding hydrogens is 458 g/mol. The van der Waals surface area contributed by atoms with Gasteiger partial charge < -0.3 is 10.1 Å². The molecule has 0 saturated heterocycles. The van der Waals surface area contributed by atoms with Crippen molar-refractivity contribution < 1.29 is 27.5 Å². The van der Waals surface area contributed by atoms with E-state index in [0.717, 1.165) is 12.1 Å². The zero-order valence-electron chi connectivity index (χ0n) is 14.3. The van der Waals surface area contributed by atoms with E-state index in [1.165, 1.54) is 6.07 Å². The second-order valence-electron chi connectivity index (χ2n) is 5.50. The number of hydrogen-bond donors (Lipinski definition) is 3. The maximum absolute atomic E-state index is 12.7. The minimum atomic E-state index is -4.59. The Morgan fingerprint density at radius 2 is 1.52 bits per heavy atom. The Morgan fingerprint density at radius 1 is 0.897 bits per heavy atom. The van der Waals surface area contributed by atoms with Crippen molar-refractivity contribution in [2.75, 3.05) is 10.6 Å². The fourth-order valence-electron chi connectivity index (χ4n) is 2.01. The van der Waals surface area contributed by atoms with Crippen LogP contribution in [-0.4, -0.2) is 22.1 Å². The number of ether oxygens (including phenoxy) is 1. The summed E-state index contributed by atoms with van der Waals surface area (Å²) >= 11 is 17.1. The van der Waals surface area contributed by atoms with Crippen LogP contribution in [0.4, 0.5) is 34.1 Å². The highest BCUT2D eigenvalue weighted by Crippen LogP contribution is 2.32. The largest absolute Gasteiger partial charge is 0.421 e. The molecule has 3 N–H and O–H groups in total. The number of urea groups is 1. The molecule has 1 atom stereocenters. The van der Waals surface area contributed by atoms with Crippen LogP contribution in [0, 0.1) is 0 Å². The summed E-state index contributed by atoms with van der Waals surface area (Å²) < 4.78 is 40.9. The summed E-state index contributed by atoms with van der Waals surface area (Å²) in [6.45, 7) is 0. The average Bonchev–Trinajstić information content (AvgIpc) is 2.60. The van der Waals surface area contributed by atoms with E-state index in [-0.39, 0.29) is 5.69 Å². The van der Waals surface area contributed by atoms with Crippen LogP contribution in [0.1, 0.15) is 5.56 Å². The second kappa shape index (κ2) is 9.43. The lowest BCUT2D eigenvalue weighted by Gasteiger charge is -2.25. The Labute approximate surface area is 178 Å². The van der Waals surface area contributed by atoms with Crippen molar-refractivity contribution in [1.29, 1.82) is 0 Å². The second-order valence-corrected chi connectivity index (χ2v) is 7.86. The van der Waals surface area contributed by atoms with E-state index in [4.69, 9.17) is 39.5 Å². The first-order valence-corrected chi connectivity index (χ1v) is 8.93. The topological polar surface area (TPSA) is 79.5 Å². The van der Waals surface area contributed by atoms with Gasteiger partial charge in [-0.05, 0) is 30.3 Å². The molecule has 0 fully saturated rings. The zero-order valence-corrected chi connectivity index (χ0v) is 16.5. The van der Waals surface area contributed by atoms with E-state index in [1.54, 1.807) is 30.3 Å². The Kier molecular flexibility index (Phi) is 7.45. The van der Waals surface area contributed by atoms with Crippen molar-refractivity contribution in [3.63, 3.8) is 0 Å². The highest BCUT2D eigenvalue weighted by molar-refractivity contribution is 6.68. The molecule has 0 radical (unpaired) electrons. The zero-order chi connectivity index (χ0) is 21.7. The van der Waals surface area contributed by atoms with Gasteiger partial charge in [0.1, 0.15) is 0 Å². The van der Waals surface area contributed by atoms with Crippen molar-refractivity contribution in [2.24, 2.45) is 0 Å². The van der Waals surface area contributed by atoms with Gasteiger partial charge in [-0.1, -0.05) is 59.1 Å². The van der Waals surface area contributed by atoms with E-state index in [1.807, 2.05) is 0 Å². The highest BCUT2D eigenvalue weighted by Gasteiger charge is 2.38. The minimum absolute atomic E-state index is 0.172. The van der Waals surface area contributed by atoms with Gasteiger partial charge in [0.25, 0.3) is 0 Å². The summed E-state index contributed by atoms with van der Waals surface area (Å²) in [4.78, 5) is 24.0. The molecule has 3 amide bonds. The maximum atomic E-state index is 12.7. The Morgan fingerprint density at radius 3 is 2.10 bits per heavy atom. The molecule has 2 rings (SSSR count). The van der Waals surface area contributed by atoms with Crippen LogP contribution in [0.25, 0.3) is 0 Å². The fraction of sp³-hybridized carbons (Fsp3) is 0.176. The number of hydrogen-bond acceptors (Lipinski definition) is 3. The third kappa shape index (κ3) is 7.52. The van der Waals surface area contributed by atoms with Gasteiger partial charge in [0.15, 0.2) is 0 Å². The Balaban J connectivity index is 2.02. The van der Waals surface area contributed by atoms with Crippen LogP contribution < -0.4 is 16.0 Å². The summed E-state index contributed by atoms with van der Waals surface area (Å²) in [6.07, 6.45) is -7.37. The van der Waals surface area contributed by atoms with Gasteiger partial charge in [0.05, 0.1) is 5.56 Å². The average molecular weight is 471 g/mol. The number of benzene rings is 2. The lowest BCUT2D eigenvalue weighted by atomic mass is 10.2. The molecule has 0 aliphatic carbocycles. The van der Waals surface area contributed by atoms with Crippen molar-refractivity contribution in [1.82, 2.24) is 5.32 Å². The number of amides is 3. The number of carbonyl (C=O) groups excluding carboxylic acids is 2. The van der Waals surface area contributed by atoms with Crippen LogP contribution in [-0.2, 0) is 10.9 Å². The van der Waals surface area contributed by atoms with Gasteiger partial charge in [-0.2, -0.15) is 13.2 Å². The molecule has 0 aromatic heterocycles. The van der Waals surface area contributed by atoms with E-state index in [0.29, 0.717) is 11.8 Å². The van der Waals surface area contributed by atoms with E-state index < -0.39 is 33.9 Å². The maximum Gasteiger partial charge on any atom is 0.416 e. The van der Waals surface area contributed by atoms with Crippen LogP contribution in [0.5, 0.6) is 0 Å². The van der Waals surface area contributed by atoms with E-state index in [2.05, 4.69) is 16.0 Å². The molecule has 0 aliphatic heterocycles. The first-order chi connectivity index (χ1) is 13.4. The molecule has 0 unspecified atom stereocenters.